The smallest absolute Gasteiger partial charge is 0.462 e. The Morgan fingerprint density at radius 1 is 0.804 bits per heavy atom. The zero-order chi connectivity index (χ0) is 40.2. The van der Waals surface area contributed by atoms with E-state index in [4.69, 9.17) is 28.4 Å². The second-order valence-electron chi connectivity index (χ2n) is 14.1. The molecule has 1 fully saturated rings. The third-order valence-electron chi connectivity index (χ3n) is 9.39. The highest BCUT2D eigenvalue weighted by Gasteiger charge is 2.55. The molecule has 1 aliphatic rings. The van der Waals surface area contributed by atoms with Crippen LogP contribution in [-0.2, 0) is 57.8 Å². The van der Waals surface area contributed by atoms with E-state index < -0.39 is 65.4 Å². The number of aromatic nitrogens is 1. The van der Waals surface area contributed by atoms with Crippen LogP contribution in [0.3, 0.4) is 0 Å². The van der Waals surface area contributed by atoms with Crippen LogP contribution in [0.1, 0.15) is 57.2 Å². The number of nitrogens with zero attached hydrogens (tertiary/aromatic N) is 1. The zero-order valence-corrected chi connectivity index (χ0v) is 32.7. The van der Waals surface area contributed by atoms with Crippen molar-refractivity contribution < 1.29 is 51.2 Å². The van der Waals surface area contributed by atoms with Gasteiger partial charge < -0.3 is 28.4 Å². The minimum absolute atomic E-state index is 0.152. The second kappa shape index (κ2) is 19.7. The number of pyridine rings is 1. The lowest BCUT2D eigenvalue weighted by atomic mass is 9.83. The molecule has 9 nitrogen and oxygen atoms in total. The molecule has 3 aromatic carbocycles. The van der Waals surface area contributed by atoms with Crippen molar-refractivity contribution in [2.75, 3.05) is 6.61 Å². The number of ether oxygens (including phenoxy) is 6. The molecule has 1 saturated heterocycles. The van der Waals surface area contributed by atoms with Gasteiger partial charge in [-0.2, -0.15) is 13.2 Å². The second-order valence-corrected chi connectivity index (χ2v) is 15.4. The average molecular weight is 796 g/mol. The summed E-state index contributed by atoms with van der Waals surface area (Å²) in [6, 6.07) is 33.7. The SMILES string of the molecule is CCOC(=O)C(C[C@@H](C)[C@@H]1C[C@@H](OCc2ccccc2)[C@H](OCc2ccccc2)[C@@H](C(C)(C)OCc2ccccc2)O1)(OC(=O)C(F)(F)F)Sc1ccccn1. The van der Waals surface area contributed by atoms with Crippen molar-refractivity contribution in [3.63, 3.8) is 0 Å². The summed E-state index contributed by atoms with van der Waals surface area (Å²) >= 11 is 0.583. The third-order valence-corrected chi connectivity index (χ3v) is 10.6. The molecular formula is C43H48F3NO8S. The number of thioether (sulfide) groups is 1. The summed E-state index contributed by atoms with van der Waals surface area (Å²) in [6.45, 7) is 7.60. The van der Waals surface area contributed by atoms with Crippen molar-refractivity contribution >= 4 is 23.7 Å². The summed E-state index contributed by atoms with van der Waals surface area (Å²) in [6.07, 6.45) is -6.98. The van der Waals surface area contributed by atoms with E-state index in [0.717, 1.165) is 16.7 Å². The highest BCUT2D eigenvalue weighted by atomic mass is 32.2. The number of halogens is 3. The molecule has 0 saturated carbocycles. The first-order chi connectivity index (χ1) is 26.8. The van der Waals surface area contributed by atoms with Crippen molar-refractivity contribution in [2.24, 2.45) is 5.92 Å². The Morgan fingerprint density at radius 3 is 1.89 bits per heavy atom. The number of rotatable bonds is 18. The van der Waals surface area contributed by atoms with Gasteiger partial charge in [0.05, 0.1) is 44.2 Å². The Hall–Kier alpha value is -4.27. The van der Waals surface area contributed by atoms with Gasteiger partial charge in [0.25, 0.3) is 4.93 Å². The van der Waals surface area contributed by atoms with Gasteiger partial charge in [-0.05, 0) is 67.3 Å². The molecule has 0 amide bonds. The summed E-state index contributed by atoms with van der Waals surface area (Å²) < 4.78 is 78.8. The zero-order valence-electron chi connectivity index (χ0n) is 31.9. The van der Waals surface area contributed by atoms with Gasteiger partial charge in [0, 0.05) is 19.0 Å². The van der Waals surface area contributed by atoms with Crippen molar-refractivity contribution in [2.45, 2.75) is 107 Å². The first kappa shape index (κ1) is 42.9. The van der Waals surface area contributed by atoms with Crippen LogP contribution in [-0.4, -0.2) is 64.7 Å². The molecule has 0 spiro atoms. The number of carbonyl (C=O) groups excluding carboxylic acids is 2. The van der Waals surface area contributed by atoms with E-state index in [9.17, 15) is 22.8 Å². The average Bonchev–Trinajstić information content (AvgIpc) is 3.19. The lowest BCUT2D eigenvalue weighted by Crippen LogP contribution is -2.60. The van der Waals surface area contributed by atoms with Crippen molar-refractivity contribution in [3.8, 4) is 0 Å². The van der Waals surface area contributed by atoms with Crippen LogP contribution >= 0.6 is 11.8 Å². The minimum atomic E-state index is -5.39. The Balaban J connectivity index is 1.52. The molecule has 0 bridgehead atoms. The largest absolute Gasteiger partial charge is 0.490 e. The molecule has 1 aromatic heterocycles. The van der Waals surface area contributed by atoms with Gasteiger partial charge in [0.15, 0.2) is 0 Å². The van der Waals surface area contributed by atoms with Crippen LogP contribution in [0.15, 0.2) is 120 Å². The topological polar surface area (TPSA) is 102 Å². The van der Waals surface area contributed by atoms with E-state index in [-0.39, 0.29) is 37.9 Å². The van der Waals surface area contributed by atoms with Crippen molar-refractivity contribution in [1.82, 2.24) is 4.98 Å². The predicted octanol–water partition coefficient (Wildman–Crippen LogP) is 8.89. The first-order valence-corrected chi connectivity index (χ1v) is 19.3. The first-order valence-electron chi connectivity index (χ1n) is 18.5. The van der Waals surface area contributed by atoms with Gasteiger partial charge in [-0.15, -0.1) is 0 Å². The summed E-state index contributed by atoms with van der Waals surface area (Å²) in [5, 5.41) is 0.152. The maximum absolute atomic E-state index is 13.8. The van der Waals surface area contributed by atoms with Crippen molar-refractivity contribution in [1.29, 1.82) is 0 Å². The van der Waals surface area contributed by atoms with Crippen LogP contribution in [0.5, 0.6) is 0 Å². The Labute approximate surface area is 330 Å². The number of benzene rings is 3. The predicted molar refractivity (Wildman–Crippen MR) is 204 cm³/mol. The summed E-state index contributed by atoms with van der Waals surface area (Å²) in [5.41, 5.74) is 1.79. The Bertz CT molecular complexity index is 1800. The summed E-state index contributed by atoms with van der Waals surface area (Å²) in [7, 11) is 0. The van der Waals surface area contributed by atoms with Crippen LogP contribution < -0.4 is 0 Å². The molecule has 13 heteroatoms. The molecule has 1 unspecified atom stereocenters. The fourth-order valence-corrected chi connectivity index (χ4v) is 7.69. The van der Waals surface area contributed by atoms with Crippen LogP contribution in [0.25, 0.3) is 0 Å². The van der Waals surface area contributed by atoms with Gasteiger partial charge in [-0.3, -0.25) is 0 Å². The molecule has 5 rings (SSSR count). The fourth-order valence-electron chi connectivity index (χ4n) is 6.48. The van der Waals surface area contributed by atoms with E-state index >= 15 is 0 Å². The van der Waals surface area contributed by atoms with Gasteiger partial charge in [-0.25, -0.2) is 14.6 Å². The highest BCUT2D eigenvalue weighted by molar-refractivity contribution is 8.01. The van der Waals surface area contributed by atoms with Crippen LogP contribution in [0, 0.1) is 5.92 Å². The van der Waals surface area contributed by atoms with E-state index in [0.29, 0.717) is 11.8 Å². The molecule has 1 aliphatic heterocycles. The van der Waals surface area contributed by atoms with Gasteiger partial charge in [-0.1, -0.05) is 104 Å². The number of alkyl halides is 3. The lowest BCUT2D eigenvalue weighted by molar-refractivity contribution is -0.267. The van der Waals surface area contributed by atoms with Gasteiger partial charge in [0.1, 0.15) is 17.2 Å². The molecule has 6 atom stereocenters. The number of hydrogen-bond donors (Lipinski definition) is 0. The standard InChI is InChI=1S/C43H48F3NO8S/c1-5-50-39(48)42(55-40(49)43(44,45)46,56-36-23-15-16-24-47-36)26-30(2)34-25-35(51-27-31-17-9-6-10-18-31)37(52-28-32-19-11-7-12-20-32)38(54-34)41(3,4)53-29-33-21-13-8-14-22-33/h6-24,30,34-35,37-38H,5,25-29H2,1-4H3/t30-,34+,35-,37+,38+,42?/m1/s1. The van der Waals surface area contributed by atoms with Crippen molar-refractivity contribution in [3.05, 3.63) is 132 Å². The maximum atomic E-state index is 13.8. The van der Waals surface area contributed by atoms with E-state index in [2.05, 4.69) is 4.98 Å². The van der Waals surface area contributed by atoms with E-state index in [1.54, 1.807) is 19.1 Å². The molecule has 0 N–H and O–H groups in total. The molecule has 4 aromatic rings. The Morgan fingerprint density at radius 2 is 1.36 bits per heavy atom. The molecule has 56 heavy (non-hydrogen) atoms. The molecular weight excluding hydrogens is 748 g/mol. The minimum Gasteiger partial charge on any atom is -0.462 e. The Kier molecular flexibility index (Phi) is 15.1. The molecule has 0 radical (unpaired) electrons. The quantitative estimate of drug-likeness (QED) is 0.0552. The number of esters is 2. The maximum Gasteiger partial charge on any atom is 0.490 e. The lowest BCUT2D eigenvalue weighted by Gasteiger charge is -2.49. The number of hydrogen-bond acceptors (Lipinski definition) is 10. The van der Waals surface area contributed by atoms with E-state index in [1.807, 2.05) is 105 Å². The third kappa shape index (κ3) is 11.9. The van der Waals surface area contributed by atoms with Gasteiger partial charge in [0.2, 0.25) is 0 Å². The molecule has 2 heterocycles. The fraction of sp³-hybridized carbons (Fsp3) is 0.419. The van der Waals surface area contributed by atoms with Crippen LogP contribution in [0.2, 0.25) is 0 Å². The normalized spacial score (nSPS) is 20.4. The molecule has 300 valence electrons. The van der Waals surface area contributed by atoms with Gasteiger partial charge >= 0.3 is 18.1 Å². The molecule has 0 aliphatic carbocycles. The number of carbonyl (C=O) groups is 2. The summed E-state index contributed by atoms with van der Waals surface area (Å²) in [4.78, 5) is 28.0. The highest BCUT2D eigenvalue weighted by Crippen LogP contribution is 2.44. The van der Waals surface area contributed by atoms with Crippen LogP contribution in [0.4, 0.5) is 13.2 Å². The van der Waals surface area contributed by atoms with E-state index in [1.165, 1.54) is 19.2 Å². The monoisotopic (exact) mass is 795 g/mol. The summed E-state index contributed by atoms with van der Waals surface area (Å²) in [5.74, 6) is -4.40.